The molecule has 0 radical (unpaired) electrons. The molecule has 1 fully saturated rings. The first kappa shape index (κ1) is 12.8. The molecule has 1 amide bonds. The van der Waals surface area contributed by atoms with Crippen LogP contribution >= 0.6 is 0 Å². The van der Waals surface area contributed by atoms with Crippen LogP contribution in [0.25, 0.3) is 0 Å². The van der Waals surface area contributed by atoms with Gasteiger partial charge in [-0.05, 0) is 6.92 Å². The summed E-state index contributed by atoms with van der Waals surface area (Å²) >= 11 is 0. The normalized spacial score (nSPS) is 19.3. The third kappa shape index (κ3) is 2.97. The van der Waals surface area contributed by atoms with E-state index in [4.69, 9.17) is 4.74 Å². The molecule has 2 heterocycles. The van der Waals surface area contributed by atoms with Gasteiger partial charge < -0.3 is 9.64 Å². The number of aromatic nitrogens is 2. The molecule has 5 nitrogen and oxygen atoms in total. The van der Waals surface area contributed by atoms with E-state index in [0.29, 0.717) is 18.2 Å². The van der Waals surface area contributed by atoms with Crippen LogP contribution in [0.15, 0.2) is 12.3 Å². The summed E-state index contributed by atoms with van der Waals surface area (Å²) in [5, 5.41) is 0. The fourth-order valence-corrected chi connectivity index (χ4v) is 2.06. The monoisotopic (exact) mass is 249 g/mol. The number of hydrogen-bond acceptors (Lipinski definition) is 4. The van der Waals surface area contributed by atoms with E-state index in [0.717, 1.165) is 13.0 Å². The predicted octanol–water partition coefficient (Wildman–Crippen LogP) is 1.42. The number of hydrogen-bond donors (Lipinski definition) is 0. The van der Waals surface area contributed by atoms with Crippen molar-refractivity contribution in [3.05, 3.63) is 18.1 Å². The summed E-state index contributed by atoms with van der Waals surface area (Å²) in [4.78, 5) is 21.9. The molecule has 2 rings (SSSR count). The summed E-state index contributed by atoms with van der Waals surface area (Å²) in [6.07, 6.45) is 2.59. The maximum Gasteiger partial charge on any atom is 0.225 e. The Hall–Kier alpha value is -1.65. The topological polar surface area (TPSA) is 55.3 Å². The minimum Gasteiger partial charge on any atom is -0.472 e. The van der Waals surface area contributed by atoms with Gasteiger partial charge in [-0.25, -0.2) is 4.98 Å². The van der Waals surface area contributed by atoms with Gasteiger partial charge in [0.25, 0.3) is 0 Å². The first-order chi connectivity index (χ1) is 8.56. The molecule has 18 heavy (non-hydrogen) atoms. The second-order valence-corrected chi connectivity index (χ2v) is 4.91. The highest BCUT2D eigenvalue weighted by atomic mass is 16.5. The Labute approximate surface area is 107 Å². The minimum absolute atomic E-state index is 0.0435. The van der Waals surface area contributed by atoms with Gasteiger partial charge in [-0.2, -0.15) is 4.98 Å². The summed E-state index contributed by atoms with van der Waals surface area (Å²) in [5.74, 6) is 1.52. The highest BCUT2D eigenvalue weighted by molar-refractivity contribution is 5.78. The number of nitrogens with zero attached hydrogens (tertiary/aromatic N) is 3. The number of carbonyl (C=O) groups excluding carboxylic acids is 1. The number of likely N-dealkylation sites (tertiary alicyclic amines) is 1. The molecule has 98 valence electrons. The molecule has 1 aromatic heterocycles. The highest BCUT2D eigenvalue weighted by Crippen LogP contribution is 2.17. The quantitative estimate of drug-likeness (QED) is 0.813. The molecule has 0 saturated carbocycles. The standard InChI is InChI=1S/C13H19N3O2/c1-9(2)13(17)16-7-5-11(8-16)18-12-4-6-14-10(3)15-12/h4,6,9,11H,5,7-8H2,1-3H3. The number of aryl methyl sites for hydroxylation is 1. The molecule has 0 N–H and O–H groups in total. The molecule has 0 bridgehead atoms. The fraction of sp³-hybridized carbons (Fsp3) is 0.615. The van der Waals surface area contributed by atoms with E-state index < -0.39 is 0 Å². The molecule has 1 aliphatic heterocycles. The van der Waals surface area contributed by atoms with Gasteiger partial charge in [-0.15, -0.1) is 0 Å². The Morgan fingerprint density at radius 3 is 3.00 bits per heavy atom. The molecular weight excluding hydrogens is 230 g/mol. The van der Waals surface area contributed by atoms with Crippen LogP contribution in [0.2, 0.25) is 0 Å². The van der Waals surface area contributed by atoms with Crippen LogP contribution in [-0.4, -0.2) is 40.0 Å². The first-order valence-corrected chi connectivity index (χ1v) is 6.31. The second kappa shape index (κ2) is 5.33. The van der Waals surface area contributed by atoms with Crippen molar-refractivity contribution in [2.24, 2.45) is 5.92 Å². The van der Waals surface area contributed by atoms with Crippen molar-refractivity contribution in [3.8, 4) is 5.88 Å². The molecule has 1 aromatic rings. The summed E-state index contributed by atoms with van der Waals surface area (Å²) in [6, 6.07) is 1.75. The highest BCUT2D eigenvalue weighted by Gasteiger charge is 2.28. The van der Waals surface area contributed by atoms with Crippen molar-refractivity contribution in [1.82, 2.24) is 14.9 Å². The number of rotatable bonds is 3. The van der Waals surface area contributed by atoms with E-state index in [1.54, 1.807) is 12.3 Å². The van der Waals surface area contributed by atoms with E-state index >= 15 is 0 Å². The van der Waals surface area contributed by atoms with Crippen molar-refractivity contribution >= 4 is 5.91 Å². The van der Waals surface area contributed by atoms with Gasteiger partial charge in [0, 0.05) is 31.1 Å². The SMILES string of the molecule is Cc1nccc(OC2CCN(C(=O)C(C)C)C2)n1. The molecule has 1 saturated heterocycles. The zero-order chi connectivity index (χ0) is 13.1. The van der Waals surface area contributed by atoms with Gasteiger partial charge in [0.1, 0.15) is 11.9 Å². The average molecular weight is 249 g/mol. The zero-order valence-electron chi connectivity index (χ0n) is 11.1. The van der Waals surface area contributed by atoms with Crippen LogP contribution in [0.3, 0.4) is 0 Å². The number of ether oxygens (including phenoxy) is 1. The van der Waals surface area contributed by atoms with E-state index in [2.05, 4.69) is 9.97 Å². The summed E-state index contributed by atoms with van der Waals surface area (Å²) in [6.45, 7) is 7.09. The van der Waals surface area contributed by atoms with Gasteiger partial charge >= 0.3 is 0 Å². The lowest BCUT2D eigenvalue weighted by Gasteiger charge is -2.18. The largest absolute Gasteiger partial charge is 0.472 e. The van der Waals surface area contributed by atoms with Crippen molar-refractivity contribution in [3.63, 3.8) is 0 Å². The van der Waals surface area contributed by atoms with Gasteiger partial charge in [0.15, 0.2) is 0 Å². The zero-order valence-corrected chi connectivity index (χ0v) is 11.1. The molecule has 0 spiro atoms. The van der Waals surface area contributed by atoms with Gasteiger partial charge in [-0.1, -0.05) is 13.8 Å². The van der Waals surface area contributed by atoms with Crippen molar-refractivity contribution in [1.29, 1.82) is 0 Å². The Kier molecular flexibility index (Phi) is 3.79. The lowest BCUT2D eigenvalue weighted by atomic mass is 10.2. The van der Waals surface area contributed by atoms with E-state index in [9.17, 15) is 4.79 Å². The lowest BCUT2D eigenvalue weighted by Crippen LogP contribution is -2.33. The molecule has 0 aliphatic carbocycles. The van der Waals surface area contributed by atoms with Gasteiger partial charge in [-0.3, -0.25) is 4.79 Å². The fourth-order valence-electron chi connectivity index (χ4n) is 2.06. The molecule has 0 aromatic carbocycles. The van der Waals surface area contributed by atoms with Gasteiger partial charge in [0.05, 0.1) is 6.54 Å². The first-order valence-electron chi connectivity index (χ1n) is 6.31. The predicted molar refractivity (Wildman–Crippen MR) is 67.2 cm³/mol. The Balaban J connectivity index is 1.92. The van der Waals surface area contributed by atoms with Crippen LogP contribution < -0.4 is 4.74 Å². The summed E-state index contributed by atoms with van der Waals surface area (Å²) in [7, 11) is 0. The summed E-state index contributed by atoms with van der Waals surface area (Å²) in [5.41, 5.74) is 0. The molecule has 1 unspecified atom stereocenters. The van der Waals surface area contributed by atoms with Crippen molar-refractivity contribution in [2.45, 2.75) is 33.3 Å². The smallest absolute Gasteiger partial charge is 0.225 e. The minimum atomic E-state index is 0.0435. The Morgan fingerprint density at radius 1 is 1.56 bits per heavy atom. The molecular formula is C13H19N3O2. The third-order valence-electron chi connectivity index (χ3n) is 2.99. The average Bonchev–Trinajstić information content (AvgIpc) is 2.76. The second-order valence-electron chi connectivity index (χ2n) is 4.91. The molecule has 1 aliphatic rings. The lowest BCUT2D eigenvalue weighted by molar-refractivity contribution is -0.133. The van der Waals surface area contributed by atoms with Crippen LogP contribution in [-0.2, 0) is 4.79 Å². The maximum absolute atomic E-state index is 11.8. The Morgan fingerprint density at radius 2 is 2.33 bits per heavy atom. The summed E-state index contributed by atoms with van der Waals surface area (Å²) < 4.78 is 5.77. The van der Waals surface area contributed by atoms with Crippen molar-refractivity contribution < 1.29 is 9.53 Å². The molecule has 1 atom stereocenters. The number of amides is 1. The van der Waals surface area contributed by atoms with Crippen molar-refractivity contribution in [2.75, 3.05) is 13.1 Å². The maximum atomic E-state index is 11.8. The van der Waals surface area contributed by atoms with Gasteiger partial charge in [0.2, 0.25) is 11.8 Å². The number of carbonyl (C=O) groups is 1. The van der Waals surface area contributed by atoms with Crippen LogP contribution in [0.5, 0.6) is 5.88 Å². The van der Waals surface area contributed by atoms with E-state index in [1.165, 1.54) is 0 Å². The third-order valence-corrected chi connectivity index (χ3v) is 2.99. The van der Waals surface area contributed by atoms with Crippen LogP contribution in [0.4, 0.5) is 0 Å². The van der Waals surface area contributed by atoms with Crippen LogP contribution in [0.1, 0.15) is 26.1 Å². The van der Waals surface area contributed by atoms with E-state index in [-0.39, 0.29) is 17.9 Å². The Bertz CT molecular complexity index is 434. The van der Waals surface area contributed by atoms with Crippen LogP contribution in [0, 0.1) is 12.8 Å². The van der Waals surface area contributed by atoms with E-state index in [1.807, 2.05) is 25.7 Å². The molecule has 5 heteroatoms.